The molecule has 1 aliphatic rings. The van der Waals surface area contributed by atoms with E-state index in [0.29, 0.717) is 5.52 Å². The normalized spacial score (nSPS) is 28.6. The molecule has 0 bridgehead atoms. The van der Waals surface area contributed by atoms with E-state index >= 15 is 0 Å². The van der Waals surface area contributed by atoms with Crippen molar-refractivity contribution in [1.82, 2.24) is 14.6 Å². The van der Waals surface area contributed by atoms with Gasteiger partial charge in [0, 0.05) is 0 Å². The van der Waals surface area contributed by atoms with E-state index < -0.39 is 36.7 Å². The predicted molar refractivity (Wildman–Crippen MR) is 79.9 cm³/mol. The lowest BCUT2D eigenvalue weighted by atomic mass is 9.92. The van der Waals surface area contributed by atoms with Gasteiger partial charge in [-0.05, 0) is 12.1 Å². The molecular weight excluding hydrogens is 334 g/mol. The van der Waals surface area contributed by atoms with Crippen molar-refractivity contribution < 1.29 is 29.2 Å². The smallest absolute Gasteiger partial charge is 0.438 e. The third kappa shape index (κ3) is 2.52. The third-order valence-corrected chi connectivity index (χ3v) is 4.02. The second-order valence-electron chi connectivity index (χ2n) is 5.37. The Kier molecular flexibility index (Phi) is 4.17. The van der Waals surface area contributed by atoms with E-state index in [1.807, 2.05) is 6.07 Å². The minimum absolute atomic E-state index is 0.159. The van der Waals surface area contributed by atoms with Crippen LogP contribution in [0.2, 0.25) is 0 Å². The SMILES string of the molecule is COC(=O)OC[C@H]1O[C@@](C#N)(c2ccc3c(N)ncnn23)[C@H](O)[C@H]1O. The van der Waals surface area contributed by atoms with Gasteiger partial charge in [0.1, 0.15) is 42.8 Å². The van der Waals surface area contributed by atoms with Crippen LogP contribution in [0.25, 0.3) is 5.52 Å². The number of nitriles is 1. The summed E-state index contributed by atoms with van der Waals surface area (Å²) in [4.78, 5) is 14.9. The third-order valence-electron chi connectivity index (χ3n) is 4.02. The summed E-state index contributed by atoms with van der Waals surface area (Å²) in [5.74, 6) is 0.174. The Balaban J connectivity index is 1.98. The van der Waals surface area contributed by atoms with E-state index in [-0.39, 0.29) is 11.5 Å². The first kappa shape index (κ1) is 16.9. The summed E-state index contributed by atoms with van der Waals surface area (Å²) in [5, 5.41) is 34.3. The van der Waals surface area contributed by atoms with E-state index in [2.05, 4.69) is 14.8 Å². The molecule has 2 aromatic rings. The molecule has 132 valence electrons. The molecule has 0 amide bonds. The minimum atomic E-state index is -1.93. The Hall–Kier alpha value is -2.94. The Morgan fingerprint density at radius 1 is 1.56 bits per heavy atom. The first-order valence-electron chi connectivity index (χ1n) is 7.19. The number of methoxy groups -OCH3 is 1. The Morgan fingerprint density at radius 2 is 2.32 bits per heavy atom. The van der Waals surface area contributed by atoms with Crippen LogP contribution in [0, 0.1) is 11.3 Å². The molecule has 4 N–H and O–H groups in total. The molecule has 4 atom stereocenters. The molecule has 3 heterocycles. The molecule has 1 aliphatic heterocycles. The second-order valence-corrected chi connectivity index (χ2v) is 5.37. The fourth-order valence-electron chi connectivity index (χ4n) is 2.76. The molecule has 11 nitrogen and oxygen atoms in total. The summed E-state index contributed by atoms with van der Waals surface area (Å²) in [6, 6.07) is 4.93. The lowest BCUT2D eigenvalue weighted by molar-refractivity contribution is -0.0707. The number of ether oxygens (including phenoxy) is 3. The van der Waals surface area contributed by atoms with Gasteiger partial charge in [0.25, 0.3) is 0 Å². The van der Waals surface area contributed by atoms with Gasteiger partial charge in [-0.25, -0.2) is 14.3 Å². The van der Waals surface area contributed by atoms with Gasteiger partial charge in [-0.3, -0.25) is 0 Å². The van der Waals surface area contributed by atoms with Crippen LogP contribution in [0.5, 0.6) is 0 Å². The number of rotatable bonds is 3. The van der Waals surface area contributed by atoms with Crippen molar-refractivity contribution >= 4 is 17.5 Å². The number of carbonyl (C=O) groups excluding carboxylic acids is 1. The van der Waals surface area contributed by atoms with Gasteiger partial charge in [-0.2, -0.15) is 10.4 Å². The molecule has 3 rings (SSSR count). The molecule has 0 aromatic carbocycles. The van der Waals surface area contributed by atoms with Crippen molar-refractivity contribution in [2.75, 3.05) is 19.5 Å². The largest absolute Gasteiger partial charge is 0.508 e. The summed E-state index contributed by atoms with van der Waals surface area (Å²) < 4.78 is 16.0. The van der Waals surface area contributed by atoms with E-state index in [1.165, 1.54) is 16.9 Å². The van der Waals surface area contributed by atoms with Crippen LogP contribution in [0.3, 0.4) is 0 Å². The Morgan fingerprint density at radius 3 is 3.00 bits per heavy atom. The number of hydrogen-bond acceptors (Lipinski definition) is 10. The fraction of sp³-hybridized carbons (Fsp3) is 0.429. The van der Waals surface area contributed by atoms with Crippen LogP contribution < -0.4 is 5.73 Å². The molecule has 0 saturated carbocycles. The summed E-state index contributed by atoms with van der Waals surface area (Å²) in [6.07, 6.45) is -4.02. The van der Waals surface area contributed by atoms with Crippen molar-refractivity contribution in [1.29, 1.82) is 5.26 Å². The van der Waals surface area contributed by atoms with Gasteiger partial charge in [-0.1, -0.05) is 0 Å². The Bertz CT molecular complexity index is 848. The highest BCUT2D eigenvalue weighted by atomic mass is 16.7. The van der Waals surface area contributed by atoms with Crippen LogP contribution in [-0.2, 0) is 19.8 Å². The molecule has 25 heavy (non-hydrogen) atoms. The quantitative estimate of drug-likeness (QED) is 0.581. The minimum Gasteiger partial charge on any atom is -0.438 e. The van der Waals surface area contributed by atoms with Crippen LogP contribution >= 0.6 is 0 Å². The zero-order chi connectivity index (χ0) is 18.2. The molecule has 0 radical (unpaired) electrons. The number of nitrogen functional groups attached to an aromatic ring is 1. The first-order valence-corrected chi connectivity index (χ1v) is 7.19. The van der Waals surface area contributed by atoms with E-state index in [1.54, 1.807) is 6.07 Å². The lowest BCUT2D eigenvalue weighted by Crippen LogP contribution is -2.41. The first-order chi connectivity index (χ1) is 11.9. The maximum Gasteiger partial charge on any atom is 0.508 e. The average molecular weight is 349 g/mol. The summed E-state index contributed by atoms with van der Waals surface area (Å²) in [7, 11) is 1.12. The zero-order valence-electron chi connectivity index (χ0n) is 13.1. The Labute approximate surface area is 141 Å². The van der Waals surface area contributed by atoms with Crippen LogP contribution in [-0.4, -0.2) is 63.0 Å². The van der Waals surface area contributed by atoms with E-state index in [9.17, 15) is 20.3 Å². The van der Waals surface area contributed by atoms with Crippen molar-refractivity contribution in [3.05, 3.63) is 24.2 Å². The highest BCUT2D eigenvalue weighted by Crippen LogP contribution is 2.40. The summed E-state index contributed by atoms with van der Waals surface area (Å²) in [5.41, 5.74) is 4.39. The number of anilines is 1. The van der Waals surface area contributed by atoms with Gasteiger partial charge in [0.15, 0.2) is 5.82 Å². The molecule has 0 aliphatic carbocycles. The highest BCUT2D eigenvalue weighted by Gasteiger charge is 2.57. The van der Waals surface area contributed by atoms with E-state index in [0.717, 1.165) is 7.11 Å². The summed E-state index contributed by atoms with van der Waals surface area (Å²) in [6.45, 7) is -0.408. The molecule has 0 spiro atoms. The lowest BCUT2D eigenvalue weighted by Gasteiger charge is -2.24. The van der Waals surface area contributed by atoms with Crippen LogP contribution in [0.4, 0.5) is 10.6 Å². The standard InChI is InChI=1S/C14H15N5O6/c1-23-13(22)24-4-8-10(20)11(21)14(5-15,25-8)9-3-2-7-12(16)17-6-18-19(7)9/h2-3,6,8,10-11,20-21H,4H2,1H3,(H2,16,17,18)/t8-,10+,11-,14+/m1/s1. The maximum absolute atomic E-state index is 11.1. The molecule has 1 saturated heterocycles. The van der Waals surface area contributed by atoms with Gasteiger partial charge < -0.3 is 30.2 Å². The monoisotopic (exact) mass is 349 g/mol. The molecule has 2 aromatic heterocycles. The van der Waals surface area contributed by atoms with Gasteiger partial charge in [0.05, 0.1) is 12.8 Å². The van der Waals surface area contributed by atoms with Crippen LogP contribution in [0.15, 0.2) is 18.5 Å². The predicted octanol–water partition coefficient (Wildman–Crippen LogP) is -1.07. The number of hydrogen-bond donors (Lipinski definition) is 3. The van der Waals surface area contributed by atoms with Gasteiger partial charge >= 0.3 is 6.16 Å². The summed E-state index contributed by atoms with van der Waals surface area (Å²) >= 11 is 0. The fourth-order valence-corrected chi connectivity index (χ4v) is 2.76. The van der Waals surface area contributed by atoms with E-state index in [4.69, 9.17) is 15.2 Å². The molecule has 1 fully saturated rings. The molecule has 11 heteroatoms. The number of fused-ring (bicyclic) bond motifs is 1. The molecule has 0 unspecified atom stereocenters. The number of carbonyl (C=O) groups is 1. The van der Waals surface area contributed by atoms with Crippen molar-refractivity contribution in [3.63, 3.8) is 0 Å². The van der Waals surface area contributed by atoms with Crippen molar-refractivity contribution in [2.24, 2.45) is 0 Å². The van der Waals surface area contributed by atoms with Gasteiger partial charge in [0.2, 0.25) is 5.60 Å². The molecular formula is C14H15N5O6. The topological polar surface area (TPSA) is 165 Å². The number of aliphatic hydroxyl groups is 2. The maximum atomic E-state index is 11.1. The average Bonchev–Trinajstić information content (AvgIpc) is 3.16. The van der Waals surface area contributed by atoms with Crippen molar-refractivity contribution in [3.8, 4) is 6.07 Å². The number of aromatic nitrogens is 3. The number of aliphatic hydroxyl groups excluding tert-OH is 2. The number of nitrogens with zero attached hydrogens (tertiary/aromatic N) is 4. The van der Waals surface area contributed by atoms with Crippen molar-refractivity contribution in [2.45, 2.75) is 23.9 Å². The second kappa shape index (κ2) is 6.17. The van der Waals surface area contributed by atoms with Crippen LogP contribution in [0.1, 0.15) is 5.69 Å². The zero-order valence-corrected chi connectivity index (χ0v) is 13.1. The highest BCUT2D eigenvalue weighted by molar-refractivity contribution is 5.66. The van der Waals surface area contributed by atoms with Gasteiger partial charge in [-0.15, -0.1) is 0 Å². The number of nitrogens with two attached hydrogens (primary N) is 1.